The summed E-state index contributed by atoms with van der Waals surface area (Å²) in [7, 11) is 1.76. The molecule has 3 aromatic rings. The van der Waals surface area contributed by atoms with E-state index in [1.807, 2.05) is 17.0 Å². The number of rotatable bonds is 19. The fraction of sp³-hybridized carbons (Fsp3) is 0.409. The number of aliphatic carboxylic acids is 2. The Labute approximate surface area is 391 Å². The summed E-state index contributed by atoms with van der Waals surface area (Å²) >= 11 is 0. The van der Waals surface area contributed by atoms with Crippen LogP contribution in [0, 0.1) is 5.41 Å². The van der Waals surface area contributed by atoms with Gasteiger partial charge in [-0.3, -0.25) is 29.4 Å². The van der Waals surface area contributed by atoms with E-state index in [0.29, 0.717) is 72.8 Å². The quantitative estimate of drug-likeness (QED) is 0.0342. The fourth-order valence-electron chi connectivity index (χ4n) is 6.15. The van der Waals surface area contributed by atoms with Crippen LogP contribution in [0.4, 0.5) is 37.7 Å². The van der Waals surface area contributed by atoms with Gasteiger partial charge in [-0.2, -0.15) is 26.3 Å². The molecular formula is C44H53F6N9O10. The number of benzene rings is 3. The lowest BCUT2D eigenvalue weighted by Crippen LogP contribution is -2.41. The number of unbranched alkanes of at least 4 members (excludes halogenated alkanes) is 3. The molecule has 1 fully saturated rings. The zero-order chi connectivity index (χ0) is 51.5. The van der Waals surface area contributed by atoms with E-state index < -0.39 is 30.3 Å². The van der Waals surface area contributed by atoms with E-state index >= 15 is 0 Å². The zero-order valence-electron chi connectivity index (χ0n) is 37.2. The molecule has 2 aliphatic rings. The number of halogens is 6. The molecule has 0 aromatic heterocycles. The summed E-state index contributed by atoms with van der Waals surface area (Å²) in [5.41, 5.74) is 14.6. The lowest BCUT2D eigenvalue weighted by atomic mass is 10.1. The van der Waals surface area contributed by atoms with Crippen LogP contribution in [0.25, 0.3) is 0 Å². The Bertz CT molecular complexity index is 2250. The van der Waals surface area contributed by atoms with Crippen LogP contribution in [0.1, 0.15) is 88.0 Å². The van der Waals surface area contributed by atoms with Crippen molar-refractivity contribution < 1.29 is 74.9 Å². The van der Waals surface area contributed by atoms with Gasteiger partial charge in [0.1, 0.15) is 5.75 Å². The van der Waals surface area contributed by atoms with Gasteiger partial charge in [0.05, 0.1) is 11.7 Å². The Morgan fingerprint density at radius 3 is 1.91 bits per heavy atom. The number of fused-ring (bicyclic) bond motifs is 1. The Balaban J connectivity index is 0.000000782. The minimum Gasteiger partial charge on any atom is -0.482 e. The van der Waals surface area contributed by atoms with Crippen molar-refractivity contribution >= 4 is 58.8 Å². The van der Waals surface area contributed by atoms with Gasteiger partial charge < -0.3 is 57.5 Å². The molecule has 376 valence electrons. The summed E-state index contributed by atoms with van der Waals surface area (Å²) in [5, 5.41) is 32.6. The van der Waals surface area contributed by atoms with Gasteiger partial charge in [0.25, 0.3) is 23.6 Å². The van der Waals surface area contributed by atoms with E-state index in [4.69, 9.17) is 41.4 Å². The van der Waals surface area contributed by atoms with Crippen LogP contribution in [0.3, 0.4) is 0 Å². The van der Waals surface area contributed by atoms with Crippen LogP contribution in [0.15, 0.2) is 66.7 Å². The number of nitrogens with zero attached hydrogens (tertiary/aromatic N) is 2. The van der Waals surface area contributed by atoms with E-state index in [1.165, 1.54) is 0 Å². The molecule has 1 aliphatic heterocycles. The molecule has 0 saturated heterocycles. The maximum absolute atomic E-state index is 13.5. The SMILES string of the molecule is CN(CCCCCCNC(=O)[C@@H](N)CCCNC(=N)N)C(=O)c1ccc(NC(=O)c2ccc(CN(C(=O)c3ccc4c(c3)OCC(=O)N4)C3CC3)cc2)cc1.O=C(O)C(F)(F)F.O=C(O)C(F)(F)F. The average Bonchev–Trinajstić information content (AvgIpc) is 4.14. The van der Waals surface area contributed by atoms with Crippen molar-refractivity contribution in [3.8, 4) is 5.75 Å². The summed E-state index contributed by atoms with van der Waals surface area (Å²) < 4.78 is 69.0. The lowest BCUT2D eigenvalue weighted by Gasteiger charge is -2.24. The largest absolute Gasteiger partial charge is 0.490 e. The highest BCUT2D eigenvalue weighted by Crippen LogP contribution is 2.33. The van der Waals surface area contributed by atoms with Gasteiger partial charge in [0, 0.05) is 61.6 Å². The maximum atomic E-state index is 13.5. The second-order valence-electron chi connectivity index (χ2n) is 15.6. The lowest BCUT2D eigenvalue weighted by molar-refractivity contribution is -0.193. The molecule has 1 saturated carbocycles. The molecule has 25 heteroatoms. The van der Waals surface area contributed by atoms with E-state index in [2.05, 4.69) is 21.3 Å². The van der Waals surface area contributed by atoms with Crippen molar-refractivity contribution in [1.29, 1.82) is 5.41 Å². The highest BCUT2D eigenvalue weighted by atomic mass is 19.4. The summed E-state index contributed by atoms with van der Waals surface area (Å²) in [6, 6.07) is 18.5. The third-order valence-corrected chi connectivity index (χ3v) is 9.96. The normalized spacial score (nSPS) is 13.2. The molecule has 11 N–H and O–H groups in total. The van der Waals surface area contributed by atoms with Gasteiger partial charge >= 0.3 is 24.3 Å². The number of guanidine groups is 1. The minimum absolute atomic E-state index is 0.0866. The average molecular weight is 982 g/mol. The Hall–Kier alpha value is -7.44. The predicted octanol–water partition coefficient (Wildman–Crippen LogP) is 4.68. The van der Waals surface area contributed by atoms with Crippen molar-refractivity contribution in [2.75, 3.05) is 43.9 Å². The number of anilines is 2. The fourth-order valence-corrected chi connectivity index (χ4v) is 6.15. The van der Waals surface area contributed by atoms with Crippen molar-refractivity contribution in [2.45, 2.75) is 82.3 Å². The molecule has 5 amide bonds. The Kier molecular flexibility index (Phi) is 21.2. The second-order valence-corrected chi connectivity index (χ2v) is 15.6. The van der Waals surface area contributed by atoms with Crippen molar-refractivity contribution in [3.63, 3.8) is 0 Å². The van der Waals surface area contributed by atoms with E-state index in [-0.39, 0.29) is 48.1 Å². The summed E-state index contributed by atoms with van der Waals surface area (Å²) in [4.78, 5) is 84.6. The highest BCUT2D eigenvalue weighted by molar-refractivity contribution is 6.04. The van der Waals surface area contributed by atoms with Crippen molar-refractivity contribution in [3.05, 3.63) is 89.0 Å². The third kappa shape index (κ3) is 19.7. The number of nitrogens with one attached hydrogen (secondary N) is 5. The number of carbonyl (C=O) groups is 7. The molecule has 0 bridgehead atoms. The molecule has 19 nitrogen and oxygen atoms in total. The molecule has 69 heavy (non-hydrogen) atoms. The first-order chi connectivity index (χ1) is 32.4. The standard InChI is InChI=1S/C40H51N9O6.2C2HF3O2/c1-48(22-5-3-2-4-20-44-37(52)32(41)7-6-21-45-40(42)43)38(53)28-12-15-30(16-13-28)46-36(51)27-10-8-26(9-11-27)24-49(31-17-18-31)39(54)29-14-19-33-34(23-29)55-25-35(50)47-33;2*3-2(4,5)1(6)7/h8-16,19,23,31-32H,2-7,17-18,20-22,24-25,41H2,1H3,(H,44,52)(H,46,51)(H,47,50)(H4,42,43,45);2*(H,6,7)/t32-;;/m0../s1. The first-order valence-electron chi connectivity index (χ1n) is 21.2. The zero-order valence-corrected chi connectivity index (χ0v) is 37.2. The number of ether oxygens (including phenoxy) is 1. The number of amides is 5. The molecule has 0 spiro atoms. The topological polar surface area (TPSA) is 300 Å². The first-order valence-corrected chi connectivity index (χ1v) is 21.2. The minimum atomic E-state index is -5.08. The Morgan fingerprint density at radius 1 is 0.797 bits per heavy atom. The van der Waals surface area contributed by atoms with Crippen LogP contribution in [-0.4, -0.2) is 125 Å². The first kappa shape index (κ1) is 55.9. The summed E-state index contributed by atoms with van der Waals surface area (Å²) in [6.07, 6.45) is -3.70. The van der Waals surface area contributed by atoms with Crippen LogP contribution < -0.4 is 37.5 Å². The number of carbonyl (C=O) groups excluding carboxylic acids is 5. The molecule has 0 radical (unpaired) electrons. The van der Waals surface area contributed by atoms with Gasteiger partial charge in [0.15, 0.2) is 12.6 Å². The number of nitrogens with two attached hydrogens (primary N) is 2. The molecule has 3 aromatic carbocycles. The van der Waals surface area contributed by atoms with Crippen molar-refractivity contribution in [2.24, 2.45) is 11.5 Å². The van der Waals surface area contributed by atoms with Crippen LogP contribution in [-0.2, 0) is 25.7 Å². The third-order valence-electron chi connectivity index (χ3n) is 9.96. The highest BCUT2D eigenvalue weighted by Gasteiger charge is 2.39. The van der Waals surface area contributed by atoms with Crippen LogP contribution in [0.2, 0.25) is 0 Å². The van der Waals surface area contributed by atoms with E-state index in [9.17, 15) is 50.3 Å². The molecule has 1 atom stereocenters. The number of hydrogen-bond donors (Lipinski definition) is 9. The molecule has 1 aliphatic carbocycles. The van der Waals surface area contributed by atoms with Gasteiger partial charge in [-0.15, -0.1) is 0 Å². The molecule has 0 unspecified atom stereocenters. The monoisotopic (exact) mass is 981 g/mol. The second kappa shape index (κ2) is 26.2. The summed E-state index contributed by atoms with van der Waals surface area (Å²) in [6.45, 7) is 1.94. The smallest absolute Gasteiger partial charge is 0.482 e. The number of alkyl halides is 6. The van der Waals surface area contributed by atoms with Crippen molar-refractivity contribution in [1.82, 2.24) is 20.4 Å². The van der Waals surface area contributed by atoms with Gasteiger partial charge in [0.2, 0.25) is 5.91 Å². The van der Waals surface area contributed by atoms with Gasteiger partial charge in [-0.25, -0.2) is 9.59 Å². The molecule has 1 heterocycles. The number of carboxylic acids is 2. The van der Waals surface area contributed by atoms with Gasteiger partial charge in [-0.1, -0.05) is 25.0 Å². The molecular weight excluding hydrogens is 929 g/mol. The van der Waals surface area contributed by atoms with Gasteiger partial charge in [-0.05, 0) is 98.7 Å². The van der Waals surface area contributed by atoms with Crippen LogP contribution in [0.5, 0.6) is 5.75 Å². The van der Waals surface area contributed by atoms with Crippen LogP contribution >= 0.6 is 0 Å². The van der Waals surface area contributed by atoms with E-state index in [1.54, 1.807) is 66.5 Å². The number of carboxylic acid groups (broad SMARTS) is 2. The summed E-state index contributed by atoms with van der Waals surface area (Å²) in [5.74, 6) is -6.08. The van der Waals surface area contributed by atoms with E-state index in [0.717, 1.165) is 44.1 Å². The Morgan fingerprint density at radius 2 is 1.35 bits per heavy atom. The molecule has 5 rings (SSSR count). The predicted molar refractivity (Wildman–Crippen MR) is 237 cm³/mol. The number of hydrogen-bond acceptors (Lipinski definition) is 10. The maximum Gasteiger partial charge on any atom is 0.490 e.